The van der Waals surface area contributed by atoms with Crippen LogP contribution in [0.5, 0.6) is 0 Å². The quantitative estimate of drug-likeness (QED) is 0.537. The second-order valence-electron chi connectivity index (χ2n) is 6.28. The Hall–Kier alpha value is -1.10. The van der Waals surface area contributed by atoms with Crippen molar-refractivity contribution in [1.82, 2.24) is 4.98 Å². The van der Waals surface area contributed by atoms with E-state index in [-0.39, 0.29) is 16.5 Å². The van der Waals surface area contributed by atoms with E-state index in [0.29, 0.717) is 0 Å². The second-order valence-corrected chi connectivity index (χ2v) is 7.15. The molecule has 0 radical (unpaired) electrons. The molecule has 0 saturated carbocycles. The van der Waals surface area contributed by atoms with Crippen molar-refractivity contribution in [3.05, 3.63) is 24.0 Å². The zero-order valence-electron chi connectivity index (χ0n) is 11.9. The maximum atomic E-state index is 12.4. The highest BCUT2D eigenvalue weighted by Gasteiger charge is 2.48. The Labute approximate surface area is 122 Å². The van der Waals surface area contributed by atoms with E-state index in [0.717, 1.165) is 11.4 Å². The number of pyridine rings is 1. The van der Waals surface area contributed by atoms with Crippen LogP contribution in [0.3, 0.4) is 0 Å². The minimum Gasteiger partial charge on any atom is -0.443 e. The summed E-state index contributed by atoms with van der Waals surface area (Å²) in [6, 6.07) is 3.73. The first-order valence-electron chi connectivity index (χ1n) is 6.26. The maximum Gasteiger partial charge on any atom is 0.415 e. The average molecular weight is 327 g/mol. The van der Waals surface area contributed by atoms with Crippen LogP contribution in [0.15, 0.2) is 18.3 Å². The first-order chi connectivity index (χ1) is 8.64. The zero-order chi connectivity index (χ0) is 14.4. The van der Waals surface area contributed by atoms with Crippen molar-refractivity contribution >= 4 is 27.7 Å². The average Bonchev–Trinajstić information content (AvgIpc) is 2.46. The fourth-order valence-corrected chi connectivity index (χ4v) is 2.75. The number of hydrogen-bond donors (Lipinski definition) is 0. The Bertz CT molecular complexity index is 508. The number of anilines is 1. The van der Waals surface area contributed by atoms with Crippen molar-refractivity contribution in [2.75, 3.05) is 4.90 Å². The van der Waals surface area contributed by atoms with E-state index in [1.807, 2.05) is 32.9 Å². The van der Waals surface area contributed by atoms with Gasteiger partial charge in [0.05, 0.1) is 11.4 Å². The molecule has 1 aromatic heterocycles. The largest absolute Gasteiger partial charge is 0.443 e. The molecular weight excluding hydrogens is 308 g/mol. The van der Waals surface area contributed by atoms with Crippen LogP contribution in [0.25, 0.3) is 0 Å². The first-order valence-corrected chi connectivity index (χ1v) is 7.18. The SMILES string of the molecule is CC(C)(C)OC(=O)N1c2cccnc2C(C)(C)C1Br. The molecule has 0 N–H and O–H groups in total. The van der Waals surface area contributed by atoms with Crippen molar-refractivity contribution in [3.63, 3.8) is 0 Å². The third kappa shape index (κ3) is 2.48. The Morgan fingerprint density at radius 2 is 2.11 bits per heavy atom. The summed E-state index contributed by atoms with van der Waals surface area (Å²) in [5, 5.41) is 0. The topological polar surface area (TPSA) is 42.4 Å². The van der Waals surface area contributed by atoms with E-state index in [1.54, 1.807) is 11.1 Å². The zero-order valence-corrected chi connectivity index (χ0v) is 13.5. The van der Waals surface area contributed by atoms with Gasteiger partial charge in [-0.2, -0.15) is 0 Å². The Balaban J connectivity index is 2.40. The summed E-state index contributed by atoms with van der Waals surface area (Å²) in [4.78, 5) is 18.2. The first kappa shape index (κ1) is 14.3. The van der Waals surface area contributed by atoms with Crippen LogP contribution in [-0.2, 0) is 10.2 Å². The molecular formula is C14H19BrN2O2. The van der Waals surface area contributed by atoms with Crippen LogP contribution < -0.4 is 4.90 Å². The smallest absolute Gasteiger partial charge is 0.415 e. The Kier molecular flexibility index (Phi) is 3.37. The van der Waals surface area contributed by atoms with Gasteiger partial charge in [-0.15, -0.1) is 0 Å². The van der Waals surface area contributed by atoms with Crippen LogP contribution in [0, 0.1) is 0 Å². The number of amides is 1. The normalized spacial score (nSPS) is 21.2. The summed E-state index contributed by atoms with van der Waals surface area (Å²) < 4.78 is 5.47. The summed E-state index contributed by atoms with van der Waals surface area (Å²) >= 11 is 3.60. The van der Waals surface area contributed by atoms with Crippen LogP contribution >= 0.6 is 15.9 Å². The molecule has 2 heterocycles. The number of aromatic nitrogens is 1. The molecule has 0 aromatic carbocycles. The third-order valence-corrected chi connectivity index (χ3v) is 4.62. The van der Waals surface area contributed by atoms with Gasteiger partial charge in [0.2, 0.25) is 0 Å². The molecule has 0 bridgehead atoms. The fourth-order valence-electron chi connectivity index (χ4n) is 2.15. The van der Waals surface area contributed by atoms with Crippen LogP contribution in [0.2, 0.25) is 0 Å². The summed E-state index contributed by atoms with van der Waals surface area (Å²) in [7, 11) is 0. The predicted octanol–water partition coefficient (Wildman–Crippen LogP) is 3.84. The van der Waals surface area contributed by atoms with E-state index in [4.69, 9.17) is 4.74 Å². The summed E-state index contributed by atoms with van der Waals surface area (Å²) in [6.07, 6.45) is 1.40. The molecule has 1 aliphatic heterocycles. The molecule has 1 aromatic rings. The standard InChI is InChI=1S/C14H19BrN2O2/c1-13(2,3)19-12(18)17-9-7-6-8-16-10(9)14(4,5)11(17)15/h6-8,11H,1-5H3. The van der Waals surface area contributed by atoms with Crippen molar-refractivity contribution in [2.45, 2.75) is 50.6 Å². The highest BCUT2D eigenvalue weighted by atomic mass is 79.9. The van der Waals surface area contributed by atoms with E-state index >= 15 is 0 Å². The van der Waals surface area contributed by atoms with Gasteiger partial charge in [-0.1, -0.05) is 29.8 Å². The van der Waals surface area contributed by atoms with Crippen LogP contribution in [0.1, 0.15) is 40.3 Å². The van der Waals surface area contributed by atoms with Gasteiger partial charge in [0.15, 0.2) is 0 Å². The lowest BCUT2D eigenvalue weighted by molar-refractivity contribution is 0.0575. The second kappa shape index (κ2) is 4.47. The van der Waals surface area contributed by atoms with Crippen LogP contribution in [-0.4, -0.2) is 21.6 Å². The highest BCUT2D eigenvalue weighted by molar-refractivity contribution is 9.09. The number of rotatable bonds is 0. The predicted molar refractivity (Wildman–Crippen MR) is 78.7 cm³/mol. The molecule has 1 amide bonds. The molecule has 4 nitrogen and oxygen atoms in total. The van der Waals surface area contributed by atoms with Gasteiger partial charge in [0, 0.05) is 11.6 Å². The van der Waals surface area contributed by atoms with Crippen molar-refractivity contribution in [2.24, 2.45) is 0 Å². The fraction of sp³-hybridized carbons (Fsp3) is 0.571. The van der Waals surface area contributed by atoms with Gasteiger partial charge in [-0.25, -0.2) is 4.79 Å². The molecule has 2 rings (SSSR count). The van der Waals surface area contributed by atoms with Crippen molar-refractivity contribution < 1.29 is 9.53 Å². The van der Waals surface area contributed by atoms with Gasteiger partial charge in [0.1, 0.15) is 10.6 Å². The molecule has 19 heavy (non-hydrogen) atoms. The minimum atomic E-state index is -0.515. The number of halogens is 1. The molecule has 1 atom stereocenters. The van der Waals surface area contributed by atoms with E-state index in [2.05, 4.69) is 34.8 Å². The number of alkyl halides is 1. The van der Waals surface area contributed by atoms with Crippen molar-refractivity contribution in [1.29, 1.82) is 0 Å². The summed E-state index contributed by atoms with van der Waals surface area (Å²) in [5.74, 6) is 0. The Morgan fingerprint density at radius 1 is 1.47 bits per heavy atom. The third-order valence-electron chi connectivity index (χ3n) is 3.07. The lowest BCUT2D eigenvalue weighted by Crippen LogP contribution is -2.43. The Morgan fingerprint density at radius 3 is 2.68 bits per heavy atom. The van der Waals surface area contributed by atoms with E-state index in [1.165, 1.54) is 0 Å². The number of nitrogens with zero attached hydrogens (tertiary/aromatic N) is 2. The summed E-state index contributed by atoms with van der Waals surface area (Å²) in [6.45, 7) is 9.70. The lowest BCUT2D eigenvalue weighted by atomic mass is 9.91. The number of ether oxygens (including phenoxy) is 1. The molecule has 0 fully saturated rings. The van der Waals surface area contributed by atoms with Gasteiger partial charge < -0.3 is 4.74 Å². The summed E-state index contributed by atoms with van der Waals surface area (Å²) in [5.41, 5.74) is 0.943. The minimum absolute atomic E-state index is 0.167. The van der Waals surface area contributed by atoms with Gasteiger partial charge in [0.25, 0.3) is 0 Å². The van der Waals surface area contributed by atoms with Gasteiger partial charge in [-0.3, -0.25) is 9.88 Å². The molecule has 5 heteroatoms. The number of hydrogen-bond acceptors (Lipinski definition) is 3. The molecule has 104 valence electrons. The van der Waals surface area contributed by atoms with E-state index < -0.39 is 5.60 Å². The number of carbonyl (C=O) groups excluding carboxylic acids is 1. The van der Waals surface area contributed by atoms with Gasteiger partial charge >= 0.3 is 6.09 Å². The van der Waals surface area contributed by atoms with Crippen molar-refractivity contribution in [3.8, 4) is 0 Å². The lowest BCUT2D eigenvalue weighted by Gasteiger charge is -2.30. The van der Waals surface area contributed by atoms with Crippen LogP contribution in [0.4, 0.5) is 10.5 Å². The molecule has 0 spiro atoms. The molecule has 1 unspecified atom stereocenters. The maximum absolute atomic E-state index is 12.4. The number of fused-ring (bicyclic) bond motifs is 1. The van der Waals surface area contributed by atoms with Gasteiger partial charge in [-0.05, 0) is 32.9 Å². The highest BCUT2D eigenvalue weighted by Crippen LogP contribution is 2.46. The molecule has 0 aliphatic carbocycles. The number of carbonyl (C=O) groups is 1. The molecule has 1 aliphatic rings. The van der Waals surface area contributed by atoms with E-state index in [9.17, 15) is 4.79 Å². The molecule has 0 saturated heterocycles. The monoisotopic (exact) mass is 326 g/mol.